The lowest BCUT2D eigenvalue weighted by Crippen LogP contribution is -2.32. The number of ether oxygens (including phenoxy) is 2. The highest BCUT2D eigenvalue weighted by Crippen LogP contribution is 2.33. The van der Waals surface area contributed by atoms with E-state index in [1.165, 1.54) is 203 Å². The number of unbranched alkanes of at least 4 members (excludes halogenated alkanes) is 30. The van der Waals surface area contributed by atoms with Gasteiger partial charge in [0.2, 0.25) is 11.8 Å². The first-order valence-electron chi connectivity index (χ1n) is 29.9. The number of benzene rings is 2. The molecule has 0 saturated heterocycles. The highest BCUT2D eigenvalue weighted by atomic mass is 16.5. The van der Waals surface area contributed by atoms with Crippen LogP contribution in [-0.4, -0.2) is 70.8 Å². The number of nitrogens with one attached hydrogen (secondary N) is 2. The van der Waals surface area contributed by atoms with Gasteiger partial charge in [0.25, 0.3) is 23.6 Å². The van der Waals surface area contributed by atoms with Crippen LogP contribution in [0.3, 0.4) is 0 Å². The molecule has 4 rings (SSSR count). The molecule has 6 amide bonds. The number of rotatable bonds is 44. The topological polar surface area (TPSA) is 226 Å². The zero-order chi connectivity index (χ0) is 58.0. The number of carboxylic acids is 2. The molecule has 2 heterocycles. The van der Waals surface area contributed by atoms with Crippen LogP contribution in [0.15, 0.2) is 85.0 Å². The van der Waals surface area contributed by atoms with Gasteiger partial charge >= 0.3 is 11.9 Å². The summed E-state index contributed by atoms with van der Waals surface area (Å²) in [6.45, 7) is 5.45. The third kappa shape index (κ3) is 30.5. The second-order valence-electron chi connectivity index (χ2n) is 20.7. The minimum absolute atomic E-state index is 0.266. The molecular formula is C64H92N4O12. The number of hydrogen-bond acceptors (Lipinski definition) is 10. The molecule has 0 bridgehead atoms. The van der Waals surface area contributed by atoms with E-state index < -0.39 is 47.4 Å². The van der Waals surface area contributed by atoms with Gasteiger partial charge in [-0.3, -0.25) is 28.8 Å². The molecule has 0 aliphatic carbocycles. The second kappa shape index (κ2) is 42.1. The van der Waals surface area contributed by atoms with E-state index in [9.17, 15) is 38.4 Å². The number of carboxylic acid groups (broad SMARTS) is 2. The van der Waals surface area contributed by atoms with Gasteiger partial charge in [-0.2, -0.15) is 0 Å². The molecule has 80 heavy (non-hydrogen) atoms. The highest BCUT2D eigenvalue weighted by molar-refractivity contribution is 6.30. The van der Waals surface area contributed by atoms with Crippen molar-refractivity contribution in [1.82, 2.24) is 0 Å². The number of amides is 6. The van der Waals surface area contributed by atoms with E-state index in [1.807, 2.05) is 0 Å². The van der Waals surface area contributed by atoms with Crippen molar-refractivity contribution in [2.75, 3.05) is 33.6 Å². The van der Waals surface area contributed by atoms with E-state index in [0.29, 0.717) is 36.9 Å². The molecule has 0 spiro atoms. The molecule has 2 aromatic carbocycles. The van der Waals surface area contributed by atoms with Crippen LogP contribution in [0.1, 0.15) is 219 Å². The lowest BCUT2D eigenvalue weighted by atomic mass is 10.0. The van der Waals surface area contributed by atoms with Crippen LogP contribution in [0.4, 0.5) is 22.7 Å². The minimum Gasteiger partial charge on any atom is -0.493 e. The van der Waals surface area contributed by atoms with Crippen molar-refractivity contribution in [1.29, 1.82) is 0 Å². The van der Waals surface area contributed by atoms with Crippen LogP contribution in [0.5, 0.6) is 11.5 Å². The first kappa shape index (κ1) is 67.4. The number of carbonyl (C=O) groups is 8. The number of imide groups is 2. The molecular weight excluding hydrogens is 1020 g/mol. The molecule has 0 aromatic heterocycles. The number of nitrogens with zero attached hydrogens (tertiary/aromatic N) is 2. The summed E-state index contributed by atoms with van der Waals surface area (Å²) < 4.78 is 11.8. The molecule has 16 heteroatoms. The van der Waals surface area contributed by atoms with Gasteiger partial charge in [-0.1, -0.05) is 206 Å². The lowest BCUT2D eigenvalue weighted by molar-refractivity contribution is -0.132. The minimum atomic E-state index is -1.26. The van der Waals surface area contributed by atoms with Gasteiger partial charge in [0.1, 0.15) is 11.5 Å². The van der Waals surface area contributed by atoms with Crippen molar-refractivity contribution in [2.45, 2.75) is 219 Å². The number of carbonyl (C=O) groups excluding carboxylic acids is 6. The Morgan fingerprint density at radius 2 is 0.637 bits per heavy atom. The maximum atomic E-state index is 12.2. The van der Waals surface area contributed by atoms with Crippen molar-refractivity contribution in [2.24, 2.45) is 0 Å². The van der Waals surface area contributed by atoms with E-state index >= 15 is 0 Å². The van der Waals surface area contributed by atoms with Gasteiger partial charge in [0.05, 0.1) is 24.6 Å². The molecule has 0 atom stereocenters. The lowest BCUT2D eigenvalue weighted by Gasteiger charge is -2.20. The van der Waals surface area contributed by atoms with Gasteiger partial charge in [-0.15, -0.1) is 0 Å². The summed E-state index contributed by atoms with van der Waals surface area (Å²) in [5, 5.41) is 22.4. The standard InChI is InChI=1S/C32H48N2O7.C32H44N2O5/c1-2-3-4-5-6-7-8-9-10-11-12-13-14-15-16-17-22-41-28-24-26(33-29(35)18-20-31(37)38)23-27(25-28)34-30(36)19-21-32(39)40;1-2-3-4-5-6-7-8-9-10-11-12-13-14-15-16-17-22-39-28-24-26(33-29(35)18-19-30(33)36)23-27(25-28)34-31(37)20-21-32(34)38/h18-21,23-25H,2-17,22H2,1H3,(H,33,35)(H,34,36)(H,37,38)(H,39,40);18-21,23-25H,2-17,22H2,1H3/b20-18-,21-19-;. The molecule has 2 aliphatic rings. The van der Waals surface area contributed by atoms with Crippen LogP contribution < -0.4 is 29.9 Å². The molecule has 2 aromatic rings. The number of anilines is 4. The predicted octanol–water partition coefficient (Wildman–Crippen LogP) is 14.7. The Hall–Kier alpha value is -6.84. The average Bonchev–Trinajstić information content (AvgIpc) is 3.98. The summed E-state index contributed by atoms with van der Waals surface area (Å²) in [6, 6.07) is 9.27. The quantitative estimate of drug-likeness (QED) is 0.0276. The average molecular weight is 1110 g/mol. The molecule has 440 valence electrons. The van der Waals surface area contributed by atoms with Crippen molar-refractivity contribution in [3.05, 3.63) is 85.0 Å². The largest absolute Gasteiger partial charge is 0.493 e. The summed E-state index contributed by atoms with van der Waals surface area (Å²) in [5.74, 6) is -4.92. The van der Waals surface area contributed by atoms with E-state index in [1.54, 1.807) is 24.3 Å². The summed E-state index contributed by atoms with van der Waals surface area (Å²) in [5.41, 5.74) is 1.10. The SMILES string of the molecule is CCCCCCCCCCCCCCCCCCOc1cc(N2C(=O)C=CC2=O)cc(N2C(=O)C=CC2=O)c1.CCCCCCCCCCCCCCCCCCOc1cc(NC(=O)/C=C\C(=O)O)cc(NC(=O)/C=C\C(=O)O)c1. The van der Waals surface area contributed by atoms with Gasteiger partial charge in [-0.25, -0.2) is 19.4 Å². The van der Waals surface area contributed by atoms with Gasteiger partial charge < -0.3 is 30.3 Å². The smallest absolute Gasteiger partial charge is 0.328 e. The summed E-state index contributed by atoms with van der Waals surface area (Å²) in [7, 11) is 0. The fraction of sp³-hybridized carbons (Fsp3) is 0.562. The number of hydrogen-bond donors (Lipinski definition) is 4. The fourth-order valence-electron chi connectivity index (χ4n) is 9.39. The Labute approximate surface area is 475 Å². The maximum Gasteiger partial charge on any atom is 0.328 e. The molecule has 0 unspecified atom stereocenters. The predicted molar refractivity (Wildman–Crippen MR) is 317 cm³/mol. The molecule has 0 radical (unpaired) electrons. The molecule has 4 N–H and O–H groups in total. The van der Waals surface area contributed by atoms with Crippen molar-refractivity contribution < 1.29 is 58.0 Å². The monoisotopic (exact) mass is 1110 g/mol. The molecule has 0 saturated carbocycles. The van der Waals surface area contributed by atoms with Crippen LogP contribution >= 0.6 is 0 Å². The zero-order valence-electron chi connectivity index (χ0n) is 48.0. The third-order valence-electron chi connectivity index (χ3n) is 13.7. The third-order valence-corrected chi connectivity index (χ3v) is 13.7. The fourth-order valence-corrected chi connectivity index (χ4v) is 9.39. The molecule has 0 fully saturated rings. The Balaban J connectivity index is 0.000000421. The van der Waals surface area contributed by atoms with E-state index in [0.717, 1.165) is 60.5 Å². The second-order valence-corrected chi connectivity index (χ2v) is 20.7. The Morgan fingerprint density at radius 3 is 0.912 bits per heavy atom. The van der Waals surface area contributed by atoms with E-state index in [-0.39, 0.29) is 22.7 Å². The summed E-state index contributed by atoms with van der Waals surface area (Å²) >= 11 is 0. The summed E-state index contributed by atoms with van der Waals surface area (Å²) in [4.78, 5) is 96.1. The Bertz CT molecular complexity index is 2200. The van der Waals surface area contributed by atoms with Gasteiger partial charge in [-0.05, 0) is 25.0 Å². The van der Waals surface area contributed by atoms with Crippen molar-refractivity contribution >= 4 is 70.1 Å². The van der Waals surface area contributed by atoms with Gasteiger partial charge in [0, 0.05) is 84.2 Å². The number of aliphatic carboxylic acids is 2. The highest BCUT2D eigenvalue weighted by Gasteiger charge is 2.30. The van der Waals surface area contributed by atoms with E-state index in [4.69, 9.17) is 19.7 Å². The normalized spacial score (nSPS) is 13.0. The van der Waals surface area contributed by atoms with Crippen molar-refractivity contribution in [3.63, 3.8) is 0 Å². The Morgan fingerprint density at radius 1 is 0.375 bits per heavy atom. The van der Waals surface area contributed by atoms with Crippen LogP contribution in [0.2, 0.25) is 0 Å². The van der Waals surface area contributed by atoms with Crippen LogP contribution in [0.25, 0.3) is 0 Å². The zero-order valence-corrected chi connectivity index (χ0v) is 48.0. The van der Waals surface area contributed by atoms with E-state index in [2.05, 4.69) is 24.5 Å². The van der Waals surface area contributed by atoms with Crippen LogP contribution in [0, 0.1) is 0 Å². The van der Waals surface area contributed by atoms with Crippen molar-refractivity contribution in [3.8, 4) is 11.5 Å². The summed E-state index contributed by atoms with van der Waals surface area (Å²) in [6.07, 6.45) is 49.1. The first-order valence-corrected chi connectivity index (χ1v) is 29.9. The first-order chi connectivity index (χ1) is 38.8. The Kier molecular flexibility index (Phi) is 35.5. The van der Waals surface area contributed by atoms with Gasteiger partial charge in [0.15, 0.2) is 0 Å². The maximum absolute atomic E-state index is 12.2. The molecule has 16 nitrogen and oxygen atoms in total. The molecule has 2 aliphatic heterocycles. The van der Waals surface area contributed by atoms with Crippen LogP contribution in [-0.2, 0) is 38.4 Å².